The SMILES string of the molecule is CCCCCCCCCCCCOc1nc(-c2ccccc2O)nc(-c2cc3c(c4ccccc24)-c2ccccc2C3(C)C)n1. The summed E-state index contributed by atoms with van der Waals surface area (Å²) in [4.78, 5) is 14.5. The number of rotatable bonds is 14. The number of aromatic hydroxyl groups is 1. The fourth-order valence-electron chi connectivity index (χ4n) is 6.81. The molecule has 0 saturated carbocycles. The topological polar surface area (TPSA) is 68.1 Å². The van der Waals surface area contributed by atoms with Gasteiger partial charge in [0.05, 0.1) is 12.2 Å². The summed E-state index contributed by atoms with van der Waals surface area (Å²) in [5.74, 6) is 1.08. The largest absolute Gasteiger partial charge is 0.507 e. The van der Waals surface area contributed by atoms with Crippen molar-refractivity contribution < 1.29 is 9.84 Å². The third-order valence-corrected chi connectivity index (χ3v) is 9.32. The molecule has 1 N–H and O–H groups in total. The van der Waals surface area contributed by atoms with E-state index >= 15 is 0 Å². The van der Waals surface area contributed by atoms with E-state index < -0.39 is 0 Å². The normalized spacial score (nSPS) is 13.1. The smallest absolute Gasteiger partial charge is 0.320 e. The van der Waals surface area contributed by atoms with Crippen LogP contribution in [0.1, 0.15) is 96.1 Å². The average molecular weight is 600 g/mol. The third-order valence-electron chi connectivity index (χ3n) is 9.32. The van der Waals surface area contributed by atoms with E-state index in [1.54, 1.807) is 12.1 Å². The van der Waals surface area contributed by atoms with Gasteiger partial charge in [0.2, 0.25) is 0 Å². The molecule has 5 heteroatoms. The quantitative estimate of drug-likeness (QED) is 0.129. The number of phenols is 1. The first kappa shape index (κ1) is 30.8. The Kier molecular flexibility index (Phi) is 9.44. The second-order valence-corrected chi connectivity index (χ2v) is 12.9. The third kappa shape index (κ3) is 6.45. The lowest BCUT2D eigenvalue weighted by molar-refractivity contribution is 0.281. The minimum atomic E-state index is -0.174. The first-order chi connectivity index (χ1) is 22.0. The van der Waals surface area contributed by atoms with Crippen molar-refractivity contribution in [3.63, 3.8) is 0 Å². The molecule has 1 aliphatic rings. The molecule has 0 aliphatic heterocycles. The minimum Gasteiger partial charge on any atom is -0.507 e. The number of unbranched alkanes of at least 4 members (excludes halogenated alkanes) is 9. The number of benzene rings is 4. The molecule has 4 aromatic carbocycles. The van der Waals surface area contributed by atoms with Crippen molar-refractivity contribution in [2.45, 2.75) is 90.4 Å². The predicted octanol–water partition coefficient (Wildman–Crippen LogP) is 10.7. The van der Waals surface area contributed by atoms with Gasteiger partial charge in [-0.05, 0) is 57.6 Å². The van der Waals surface area contributed by atoms with Crippen LogP contribution in [0.3, 0.4) is 0 Å². The molecule has 6 rings (SSSR count). The Morgan fingerprint density at radius 1 is 0.600 bits per heavy atom. The zero-order valence-electron chi connectivity index (χ0n) is 27.0. The predicted molar refractivity (Wildman–Crippen MR) is 185 cm³/mol. The summed E-state index contributed by atoms with van der Waals surface area (Å²) in [6.45, 7) is 7.39. The first-order valence-electron chi connectivity index (χ1n) is 16.8. The lowest BCUT2D eigenvalue weighted by Gasteiger charge is -2.22. The molecule has 0 spiro atoms. The van der Waals surface area contributed by atoms with Crippen LogP contribution < -0.4 is 4.74 Å². The fraction of sp³-hybridized carbons (Fsp3) is 0.375. The van der Waals surface area contributed by atoms with Gasteiger partial charge in [-0.25, -0.2) is 4.98 Å². The molecule has 232 valence electrons. The van der Waals surface area contributed by atoms with E-state index in [0.29, 0.717) is 29.8 Å². The van der Waals surface area contributed by atoms with Crippen LogP contribution in [0.4, 0.5) is 0 Å². The molecular weight excluding hydrogens is 554 g/mol. The van der Waals surface area contributed by atoms with E-state index in [-0.39, 0.29) is 11.2 Å². The lowest BCUT2D eigenvalue weighted by atomic mass is 9.81. The van der Waals surface area contributed by atoms with Crippen LogP contribution in [-0.4, -0.2) is 26.7 Å². The van der Waals surface area contributed by atoms with Crippen molar-refractivity contribution in [1.82, 2.24) is 15.0 Å². The average Bonchev–Trinajstić information content (AvgIpc) is 3.29. The van der Waals surface area contributed by atoms with Crippen LogP contribution in [0.2, 0.25) is 0 Å². The number of aromatic nitrogens is 3. The number of fused-ring (bicyclic) bond motifs is 5. The number of phenolic OH excluding ortho intramolecular Hbond substituents is 1. The van der Waals surface area contributed by atoms with Gasteiger partial charge in [-0.1, -0.05) is 139 Å². The molecule has 0 amide bonds. The first-order valence-corrected chi connectivity index (χ1v) is 16.8. The molecule has 5 aromatic rings. The standard InChI is InChI=1S/C40H45N3O2/c1-4-5-6-7-8-9-10-11-12-19-26-45-39-42-37(31-23-16-18-25-35(31)44)41-38(43-39)32-27-34-36(29-21-14-13-20-28(29)32)30-22-15-17-24-33(30)40(34,2)3/h13-18,20-25,27,44H,4-12,19,26H2,1-3H3. The van der Waals surface area contributed by atoms with Gasteiger partial charge < -0.3 is 9.84 Å². The highest BCUT2D eigenvalue weighted by molar-refractivity contribution is 6.08. The van der Waals surface area contributed by atoms with Crippen molar-refractivity contribution in [2.75, 3.05) is 6.61 Å². The molecule has 0 fully saturated rings. The Labute approximate surface area is 267 Å². The van der Waals surface area contributed by atoms with Gasteiger partial charge in [0.1, 0.15) is 5.75 Å². The Morgan fingerprint density at radius 2 is 1.18 bits per heavy atom. The number of para-hydroxylation sites is 1. The summed E-state index contributed by atoms with van der Waals surface area (Å²) in [6, 6.07) is 27.0. The van der Waals surface area contributed by atoms with Gasteiger partial charge in [0, 0.05) is 11.0 Å². The van der Waals surface area contributed by atoms with Crippen molar-refractivity contribution >= 4 is 10.8 Å². The summed E-state index contributed by atoms with van der Waals surface area (Å²) in [6.07, 6.45) is 12.6. The van der Waals surface area contributed by atoms with E-state index in [1.807, 2.05) is 12.1 Å². The molecule has 0 bridgehead atoms. The Balaban J connectivity index is 1.30. The number of ether oxygens (including phenoxy) is 1. The van der Waals surface area contributed by atoms with E-state index in [1.165, 1.54) is 79.0 Å². The van der Waals surface area contributed by atoms with Gasteiger partial charge >= 0.3 is 6.01 Å². The van der Waals surface area contributed by atoms with Crippen LogP contribution in [0, 0.1) is 0 Å². The van der Waals surface area contributed by atoms with E-state index in [9.17, 15) is 5.11 Å². The van der Waals surface area contributed by atoms with Crippen LogP contribution in [0.25, 0.3) is 44.7 Å². The maximum atomic E-state index is 10.7. The molecule has 45 heavy (non-hydrogen) atoms. The van der Waals surface area contributed by atoms with Gasteiger partial charge in [-0.3, -0.25) is 0 Å². The molecule has 1 heterocycles. The molecule has 0 saturated heterocycles. The summed E-state index contributed by atoms with van der Waals surface area (Å²) >= 11 is 0. The van der Waals surface area contributed by atoms with E-state index in [0.717, 1.165) is 23.8 Å². The molecular formula is C40H45N3O2. The van der Waals surface area contributed by atoms with Crippen molar-refractivity contribution in [1.29, 1.82) is 0 Å². The minimum absolute atomic E-state index is 0.130. The summed E-state index contributed by atoms with van der Waals surface area (Å²) in [5.41, 5.74) is 6.47. The monoisotopic (exact) mass is 599 g/mol. The molecule has 0 radical (unpaired) electrons. The molecule has 1 aliphatic carbocycles. The zero-order valence-corrected chi connectivity index (χ0v) is 27.0. The lowest BCUT2D eigenvalue weighted by Crippen LogP contribution is -2.15. The van der Waals surface area contributed by atoms with Crippen LogP contribution in [0.15, 0.2) is 78.9 Å². The van der Waals surface area contributed by atoms with Gasteiger partial charge in [0.25, 0.3) is 0 Å². The van der Waals surface area contributed by atoms with Crippen molar-refractivity contribution in [2.24, 2.45) is 0 Å². The van der Waals surface area contributed by atoms with Gasteiger partial charge in [0.15, 0.2) is 11.6 Å². The highest BCUT2D eigenvalue weighted by Crippen LogP contribution is 2.52. The van der Waals surface area contributed by atoms with Crippen molar-refractivity contribution in [3.05, 3.63) is 90.0 Å². The maximum Gasteiger partial charge on any atom is 0.320 e. The fourth-order valence-corrected chi connectivity index (χ4v) is 6.81. The van der Waals surface area contributed by atoms with Crippen LogP contribution in [0.5, 0.6) is 11.8 Å². The number of hydrogen-bond donors (Lipinski definition) is 1. The molecule has 0 unspecified atom stereocenters. The molecule has 5 nitrogen and oxygen atoms in total. The highest BCUT2D eigenvalue weighted by Gasteiger charge is 2.37. The molecule has 0 atom stereocenters. The van der Waals surface area contributed by atoms with E-state index in [4.69, 9.17) is 14.7 Å². The zero-order chi connectivity index (χ0) is 31.2. The summed E-state index contributed by atoms with van der Waals surface area (Å²) in [5, 5.41) is 13.0. The number of hydrogen-bond acceptors (Lipinski definition) is 5. The summed E-state index contributed by atoms with van der Waals surface area (Å²) < 4.78 is 6.19. The van der Waals surface area contributed by atoms with Gasteiger partial charge in [-0.2, -0.15) is 9.97 Å². The second-order valence-electron chi connectivity index (χ2n) is 12.9. The van der Waals surface area contributed by atoms with Crippen LogP contribution >= 0.6 is 0 Å². The highest BCUT2D eigenvalue weighted by atomic mass is 16.5. The Morgan fingerprint density at radius 3 is 1.89 bits per heavy atom. The van der Waals surface area contributed by atoms with Crippen LogP contribution in [-0.2, 0) is 5.41 Å². The maximum absolute atomic E-state index is 10.7. The van der Waals surface area contributed by atoms with Gasteiger partial charge in [-0.15, -0.1) is 0 Å². The van der Waals surface area contributed by atoms with Crippen molar-refractivity contribution in [3.8, 4) is 45.7 Å². The number of nitrogens with zero attached hydrogens (tertiary/aromatic N) is 3. The van der Waals surface area contributed by atoms with E-state index in [2.05, 4.69) is 80.4 Å². The second kappa shape index (κ2) is 13.8. The molecule has 1 aromatic heterocycles. The summed E-state index contributed by atoms with van der Waals surface area (Å²) in [7, 11) is 0. The Bertz CT molecular complexity index is 1780. The Hall–Kier alpha value is -4.25.